The molecular weight excluding hydrogens is 162 g/mol. The molecule has 1 fully saturated rings. The van der Waals surface area contributed by atoms with Gasteiger partial charge in [-0.3, -0.25) is 4.90 Å². The van der Waals surface area contributed by atoms with E-state index in [0.29, 0.717) is 0 Å². The van der Waals surface area contributed by atoms with Gasteiger partial charge in [0.2, 0.25) is 0 Å². The average Bonchev–Trinajstić information content (AvgIpc) is 2.19. The van der Waals surface area contributed by atoms with Crippen molar-refractivity contribution in [2.75, 3.05) is 32.8 Å². The molecule has 0 unspecified atom stereocenters. The highest BCUT2D eigenvalue weighted by atomic mass is 16.5. The molecule has 13 heavy (non-hydrogen) atoms. The van der Waals surface area contributed by atoms with E-state index < -0.39 is 0 Å². The van der Waals surface area contributed by atoms with Crippen LogP contribution in [-0.4, -0.2) is 37.7 Å². The summed E-state index contributed by atoms with van der Waals surface area (Å²) in [5.74, 6) is 5.99. The Kier molecular flexibility index (Phi) is 4.31. The molecule has 0 spiro atoms. The van der Waals surface area contributed by atoms with E-state index in [1.807, 2.05) is 0 Å². The SMILES string of the molecule is C=CC(=C)C#CCN1CCOCC1. The maximum Gasteiger partial charge on any atom is 0.0606 e. The first kappa shape index (κ1) is 10.0. The third-order valence-electron chi connectivity index (χ3n) is 1.90. The molecule has 0 aromatic rings. The highest BCUT2D eigenvalue weighted by molar-refractivity contribution is 5.34. The summed E-state index contributed by atoms with van der Waals surface area (Å²) in [7, 11) is 0. The molecule has 1 heterocycles. The van der Waals surface area contributed by atoms with Crippen molar-refractivity contribution in [1.82, 2.24) is 4.90 Å². The van der Waals surface area contributed by atoms with Crippen LogP contribution in [0, 0.1) is 11.8 Å². The molecule has 0 radical (unpaired) electrons. The van der Waals surface area contributed by atoms with Crippen LogP contribution >= 0.6 is 0 Å². The van der Waals surface area contributed by atoms with E-state index in [0.717, 1.165) is 38.4 Å². The molecule has 0 aromatic carbocycles. The first-order valence-corrected chi connectivity index (χ1v) is 4.43. The number of hydrogen-bond donors (Lipinski definition) is 0. The van der Waals surface area contributed by atoms with Gasteiger partial charge in [0.15, 0.2) is 0 Å². The van der Waals surface area contributed by atoms with Gasteiger partial charge in [0.25, 0.3) is 0 Å². The second-order valence-corrected chi connectivity index (χ2v) is 2.92. The maximum atomic E-state index is 5.22. The molecule has 0 amide bonds. The number of ether oxygens (including phenoxy) is 1. The molecule has 0 saturated carbocycles. The van der Waals surface area contributed by atoms with Crippen LogP contribution < -0.4 is 0 Å². The van der Waals surface area contributed by atoms with Crippen LogP contribution in [0.5, 0.6) is 0 Å². The van der Waals surface area contributed by atoms with Gasteiger partial charge in [-0.1, -0.05) is 31.1 Å². The Morgan fingerprint density at radius 3 is 2.77 bits per heavy atom. The summed E-state index contributed by atoms with van der Waals surface area (Å²) >= 11 is 0. The van der Waals surface area contributed by atoms with Crippen molar-refractivity contribution in [3.8, 4) is 11.8 Å². The molecule has 70 valence electrons. The molecule has 0 aliphatic carbocycles. The van der Waals surface area contributed by atoms with Crippen molar-refractivity contribution in [1.29, 1.82) is 0 Å². The van der Waals surface area contributed by atoms with Gasteiger partial charge in [0.05, 0.1) is 19.8 Å². The van der Waals surface area contributed by atoms with E-state index in [1.54, 1.807) is 6.08 Å². The van der Waals surface area contributed by atoms with Gasteiger partial charge in [-0.25, -0.2) is 0 Å². The van der Waals surface area contributed by atoms with Gasteiger partial charge in [0.1, 0.15) is 0 Å². The van der Waals surface area contributed by atoms with Gasteiger partial charge < -0.3 is 4.74 Å². The minimum absolute atomic E-state index is 0.785. The van der Waals surface area contributed by atoms with Crippen molar-refractivity contribution >= 4 is 0 Å². The number of morpholine rings is 1. The second-order valence-electron chi connectivity index (χ2n) is 2.92. The highest BCUT2D eigenvalue weighted by Gasteiger charge is 2.07. The molecule has 2 heteroatoms. The smallest absolute Gasteiger partial charge is 0.0606 e. The molecule has 2 nitrogen and oxygen atoms in total. The van der Waals surface area contributed by atoms with Crippen LogP contribution in [0.25, 0.3) is 0 Å². The van der Waals surface area contributed by atoms with Crippen molar-refractivity contribution in [3.63, 3.8) is 0 Å². The zero-order valence-electron chi connectivity index (χ0n) is 7.88. The Hall–Kier alpha value is -1.04. The predicted molar refractivity (Wildman–Crippen MR) is 54.4 cm³/mol. The molecule has 0 N–H and O–H groups in total. The summed E-state index contributed by atoms with van der Waals surface area (Å²) in [6, 6.07) is 0. The number of hydrogen-bond acceptors (Lipinski definition) is 2. The van der Waals surface area contributed by atoms with E-state index in [2.05, 4.69) is 29.9 Å². The van der Waals surface area contributed by atoms with E-state index in [4.69, 9.17) is 4.74 Å². The first-order valence-electron chi connectivity index (χ1n) is 4.43. The average molecular weight is 177 g/mol. The largest absolute Gasteiger partial charge is 0.379 e. The quantitative estimate of drug-likeness (QED) is 0.462. The molecular formula is C11H15NO. The van der Waals surface area contributed by atoms with Gasteiger partial charge >= 0.3 is 0 Å². The molecule has 1 aliphatic rings. The van der Waals surface area contributed by atoms with Crippen LogP contribution in [0.1, 0.15) is 0 Å². The van der Waals surface area contributed by atoms with Crippen molar-refractivity contribution < 1.29 is 4.74 Å². The molecule has 1 aliphatic heterocycles. The van der Waals surface area contributed by atoms with Crippen LogP contribution in [-0.2, 0) is 4.74 Å². The third-order valence-corrected chi connectivity index (χ3v) is 1.90. The van der Waals surface area contributed by atoms with Gasteiger partial charge in [-0.15, -0.1) is 0 Å². The van der Waals surface area contributed by atoms with E-state index >= 15 is 0 Å². The van der Waals surface area contributed by atoms with Crippen LogP contribution in [0.15, 0.2) is 24.8 Å². The van der Waals surface area contributed by atoms with Crippen LogP contribution in [0.2, 0.25) is 0 Å². The Balaban J connectivity index is 2.26. The molecule has 1 rings (SSSR count). The zero-order valence-corrected chi connectivity index (χ0v) is 7.88. The fourth-order valence-corrected chi connectivity index (χ4v) is 1.08. The topological polar surface area (TPSA) is 12.5 Å². The van der Waals surface area contributed by atoms with Gasteiger partial charge in [-0.2, -0.15) is 0 Å². The fourth-order valence-electron chi connectivity index (χ4n) is 1.08. The molecule has 0 aromatic heterocycles. The molecule has 1 saturated heterocycles. The second kappa shape index (κ2) is 5.58. The number of rotatable bonds is 2. The third kappa shape index (κ3) is 3.93. The molecule has 0 atom stereocenters. The highest BCUT2D eigenvalue weighted by Crippen LogP contribution is 1.95. The Morgan fingerprint density at radius 2 is 2.15 bits per heavy atom. The number of allylic oxidation sites excluding steroid dienone is 2. The summed E-state index contributed by atoms with van der Waals surface area (Å²) in [6.07, 6.45) is 1.67. The van der Waals surface area contributed by atoms with Gasteiger partial charge in [0, 0.05) is 18.7 Å². The summed E-state index contributed by atoms with van der Waals surface area (Å²) in [5, 5.41) is 0. The van der Waals surface area contributed by atoms with Crippen LogP contribution in [0.3, 0.4) is 0 Å². The normalized spacial score (nSPS) is 17.2. The lowest BCUT2D eigenvalue weighted by molar-refractivity contribution is 0.0443. The predicted octanol–water partition coefficient (Wildman–Crippen LogP) is 1.06. The van der Waals surface area contributed by atoms with E-state index in [-0.39, 0.29) is 0 Å². The Bertz CT molecular complexity index is 241. The van der Waals surface area contributed by atoms with Crippen molar-refractivity contribution in [2.45, 2.75) is 0 Å². The summed E-state index contributed by atoms with van der Waals surface area (Å²) in [6.45, 7) is 11.7. The van der Waals surface area contributed by atoms with E-state index in [1.165, 1.54) is 0 Å². The fraction of sp³-hybridized carbons (Fsp3) is 0.455. The first-order chi connectivity index (χ1) is 6.33. The lowest BCUT2D eigenvalue weighted by atomic mass is 10.3. The molecule has 0 bridgehead atoms. The van der Waals surface area contributed by atoms with Gasteiger partial charge in [-0.05, 0) is 0 Å². The Morgan fingerprint density at radius 1 is 1.46 bits per heavy atom. The van der Waals surface area contributed by atoms with Crippen molar-refractivity contribution in [3.05, 3.63) is 24.8 Å². The number of nitrogens with zero attached hydrogens (tertiary/aromatic N) is 1. The van der Waals surface area contributed by atoms with E-state index in [9.17, 15) is 0 Å². The lowest BCUT2D eigenvalue weighted by Gasteiger charge is -2.24. The maximum absolute atomic E-state index is 5.22. The van der Waals surface area contributed by atoms with Crippen LogP contribution in [0.4, 0.5) is 0 Å². The standard InChI is InChI=1S/C11H15NO/c1-3-11(2)5-4-6-12-7-9-13-10-8-12/h3H,1-2,6-10H2. The monoisotopic (exact) mass is 177 g/mol. The minimum Gasteiger partial charge on any atom is -0.379 e. The zero-order chi connectivity index (χ0) is 9.52. The lowest BCUT2D eigenvalue weighted by Crippen LogP contribution is -2.36. The van der Waals surface area contributed by atoms with Crippen molar-refractivity contribution in [2.24, 2.45) is 0 Å². The summed E-state index contributed by atoms with van der Waals surface area (Å²) in [4.78, 5) is 2.27. The summed E-state index contributed by atoms with van der Waals surface area (Å²) < 4.78 is 5.22. The summed E-state index contributed by atoms with van der Waals surface area (Å²) in [5.41, 5.74) is 0.785. The Labute approximate surface area is 79.9 Å². The minimum atomic E-state index is 0.785.